The maximum Gasteiger partial charge on any atom is 0.347 e. The zero-order chi connectivity index (χ0) is 18.1. The third-order valence-corrected chi connectivity index (χ3v) is 4.81. The number of aryl methyl sites for hydroxylation is 2. The molecule has 0 unspecified atom stereocenters. The summed E-state index contributed by atoms with van der Waals surface area (Å²) >= 11 is 0.991. The standard InChI is InChI=1S/C18H12FN3O2S/c1-9-3-4-14(19)12(5-9)13-8-21-15(6-11(13)7-20)17-22-10(2)16(25-17)18(23)24/h3-6,8H,1-2H3,(H,23,24). The van der Waals surface area contributed by atoms with Gasteiger partial charge in [-0.3, -0.25) is 4.98 Å². The monoisotopic (exact) mass is 353 g/mol. The van der Waals surface area contributed by atoms with Crippen LogP contribution in [0.1, 0.15) is 26.5 Å². The minimum absolute atomic E-state index is 0.129. The molecule has 0 radical (unpaired) electrons. The minimum atomic E-state index is -1.06. The Morgan fingerprint density at radius 3 is 2.68 bits per heavy atom. The van der Waals surface area contributed by atoms with Crippen LogP contribution in [-0.2, 0) is 0 Å². The van der Waals surface area contributed by atoms with E-state index in [0.717, 1.165) is 16.9 Å². The largest absolute Gasteiger partial charge is 0.477 e. The number of carbonyl (C=O) groups is 1. The van der Waals surface area contributed by atoms with Gasteiger partial charge in [0.25, 0.3) is 0 Å². The highest BCUT2D eigenvalue weighted by molar-refractivity contribution is 7.17. The SMILES string of the molecule is Cc1ccc(F)c(-c2cnc(-c3nc(C)c(C(=O)O)s3)cc2C#N)c1. The number of carboxylic acids is 1. The summed E-state index contributed by atoms with van der Waals surface area (Å²) in [6.45, 7) is 3.44. The molecular formula is C18H12FN3O2S. The summed E-state index contributed by atoms with van der Waals surface area (Å²) in [4.78, 5) is 19.7. The van der Waals surface area contributed by atoms with E-state index in [0.29, 0.717) is 27.5 Å². The van der Waals surface area contributed by atoms with Crippen molar-refractivity contribution in [2.75, 3.05) is 0 Å². The average Bonchev–Trinajstić information content (AvgIpc) is 2.98. The van der Waals surface area contributed by atoms with E-state index in [2.05, 4.69) is 9.97 Å². The number of aromatic nitrogens is 2. The summed E-state index contributed by atoms with van der Waals surface area (Å²) in [7, 11) is 0. The zero-order valence-corrected chi connectivity index (χ0v) is 14.2. The number of rotatable bonds is 3. The van der Waals surface area contributed by atoms with Crippen molar-refractivity contribution < 1.29 is 14.3 Å². The number of nitriles is 1. The van der Waals surface area contributed by atoms with Crippen molar-refractivity contribution in [3.63, 3.8) is 0 Å². The van der Waals surface area contributed by atoms with E-state index in [1.165, 1.54) is 18.3 Å². The van der Waals surface area contributed by atoms with E-state index < -0.39 is 11.8 Å². The predicted octanol–water partition coefficient (Wildman–Crippen LogP) is 4.20. The van der Waals surface area contributed by atoms with Crippen LogP contribution >= 0.6 is 11.3 Å². The van der Waals surface area contributed by atoms with E-state index in [1.807, 2.05) is 13.0 Å². The highest BCUT2D eigenvalue weighted by Gasteiger charge is 2.18. The van der Waals surface area contributed by atoms with E-state index >= 15 is 0 Å². The molecule has 3 aromatic rings. The molecule has 2 aromatic heterocycles. The first-order valence-electron chi connectivity index (χ1n) is 7.28. The van der Waals surface area contributed by atoms with E-state index in [1.54, 1.807) is 19.1 Å². The second-order valence-corrected chi connectivity index (χ2v) is 6.45. The van der Waals surface area contributed by atoms with Gasteiger partial charge < -0.3 is 5.11 Å². The van der Waals surface area contributed by atoms with Crippen molar-refractivity contribution in [2.24, 2.45) is 0 Å². The van der Waals surface area contributed by atoms with Gasteiger partial charge in [-0.1, -0.05) is 11.6 Å². The Kier molecular flexibility index (Phi) is 4.30. The van der Waals surface area contributed by atoms with E-state index in [4.69, 9.17) is 5.11 Å². The van der Waals surface area contributed by atoms with E-state index in [9.17, 15) is 14.4 Å². The van der Waals surface area contributed by atoms with Crippen LogP contribution in [0.3, 0.4) is 0 Å². The summed E-state index contributed by atoms with van der Waals surface area (Å²) in [5.41, 5.74) is 2.58. The number of nitrogens with zero attached hydrogens (tertiary/aromatic N) is 3. The average molecular weight is 353 g/mol. The fourth-order valence-corrected chi connectivity index (χ4v) is 3.30. The maximum absolute atomic E-state index is 14.1. The topological polar surface area (TPSA) is 86.9 Å². The number of thiazole rings is 1. The van der Waals surface area contributed by atoms with Crippen molar-refractivity contribution in [1.29, 1.82) is 5.26 Å². The number of aromatic carboxylic acids is 1. The van der Waals surface area contributed by atoms with E-state index in [-0.39, 0.29) is 10.4 Å². The van der Waals surface area contributed by atoms with Crippen molar-refractivity contribution in [1.82, 2.24) is 9.97 Å². The van der Waals surface area contributed by atoms with Crippen molar-refractivity contribution >= 4 is 17.3 Å². The third-order valence-electron chi connectivity index (χ3n) is 3.65. The first-order valence-corrected chi connectivity index (χ1v) is 8.10. The number of pyridine rings is 1. The minimum Gasteiger partial charge on any atom is -0.477 e. The molecule has 1 aromatic carbocycles. The molecule has 0 fully saturated rings. The Morgan fingerprint density at radius 2 is 2.04 bits per heavy atom. The van der Waals surface area contributed by atoms with Gasteiger partial charge in [0, 0.05) is 17.3 Å². The molecule has 0 saturated carbocycles. The van der Waals surface area contributed by atoms with Gasteiger partial charge >= 0.3 is 5.97 Å². The van der Waals surface area contributed by atoms with Crippen LogP contribution in [0.4, 0.5) is 4.39 Å². The van der Waals surface area contributed by atoms with Gasteiger partial charge in [0.05, 0.1) is 17.3 Å². The Bertz CT molecular complexity index is 1040. The van der Waals surface area contributed by atoms with Crippen molar-refractivity contribution in [2.45, 2.75) is 13.8 Å². The van der Waals surface area contributed by atoms with Crippen LogP contribution in [0.15, 0.2) is 30.5 Å². The molecule has 2 heterocycles. The van der Waals surface area contributed by atoms with Crippen LogP contribution < -0.4 is 0 Å². The summed E-state index contributed by atoms with van der Waals surface area (Å²) in [6, 6.07) is 8.21. The Balaban J connectivity index is 2.12. The van der Waals surface area contributed by atoms with Crippen molar-refractivity contribution in [3.8, 4) is 27.9 Å². The van der Waals surface area contributed by atoms with Gasteiger partial charge in [0.2, 0.25) is 0 Å². The summed E-state index contributed by atoms with van der Waals surface area (Å²) < 4.78 is 14.1. The van der Waals surface area contributed by atoms with Gasteiger partial charge in [-0.2, -0.15) is 5.26 Å². The lowest BCUT2D eigenvalue weighted by molar-refractivity contribution is 0.0701. The summed E-state index contributed by atoms with van der Waals surface area (Å²) in [6.07, 6.45) is 1.42. The second kappa shape index (κ2) is 6.42. The molecule has 0 atom stereocenters. The lowest BCUT2D eigenvalue weighted by atomic mass is 10.00. The Hall–Kier alpha value is -3.11. The number of benzene rings is 1. The zero-order valence-electron chi connectivity index (χ0n) is 13.4. The summed E-state index contributed by atoms with van der Waals surface area (Å²) in [5.74, 6) is -1.49. The van der Waals surface area contributed by atoms with Crippen LogP contribution in [0.2, 0.25) is 0 Å². The first-order chi connectivity index (χ1) is 11.9. The Morgan fingerprint density at radius 1 is 1.28 bits per heavy atom. The van der Waals surface area contributed by atoms with Crippen LogP contribution in [0.5, 0.6) is 0 Å². The second-order valence-electron chi connectivity index (χ2n) is 5.45. The highest BCUT2D eigenvalue weighted by Crippen LogP contribution is 2.31. The molecule has 0 aliphatic heterocycles. The van der Waals surface area contributed by atoms with Crippen molar-refractivity contribution in [3.05, 3.63) is 58.0 Å². The number of hydrogen-bond acceptors (Lipinski definition) is 5. The molecule has 5 nitrogen and oxygen atoms in total. The smallest absolute Gasteiger partial charge is 0.347 e. The Labute approximate surface area is 147 Å². The maximum atomic E-state index is 14.1. The number of halogens is 1. The molecule has 0 bridgehead atoms. The quantitative estimate of drug-likeness (QED) is 0.762. The molecule has 0 aliphatic rings. The lowest BCUT2D eigenvalue weighted by Crippen LogP contribution is -1.94. The lowest BCUT2D eigenvalue weighted by Gasteiger charge is -2.07. The molecule has 1 N–H and O–H groups in total. The highest BCUT2D eigenvalue weighted by atomic mass is 32.1. The molecule has 0 amide bonds. The fraction of sp³-hybridized carbons (Fsp3) is 0.111. The number of carboxylic acid groups (broad SMARTS) is 1. The molecule has 0 aliphatic carbocycles. The summed E-state index contributed by atoms with van der Waals surface area (Å²) in [5, 5.41) is 19.0. The molecule has 25 heavy (non-hydrogen) atoms. The molecule has 0 saturated heterocycles. The molecule has 7 heteroatoms. The van der Waals surface area contributed by atoms with Gasteiger partial charge in [0.15, 0.2) is 0 Å². The van der Waals surface area contributed by atoms with Crippen LogP contribution in [0.25, 0.3) is 21.8 Å². The van der Waals surface area contributed by atoms with Gasteiger partial charge in [-0.15, -0.1) is 11.3 Å². The fourth-order valence-electron chi connectivity index (χ4n) is 2.43. The van der Waals surface area contributed by atoms with Crippen LogP contribution in [0, 0.1) is 31.0 Å². The molecule has 124 valence electrons. The molecule has 0 spiro atoms. The van der Waals surface area contributed by atoms with Gasteiger partial charge in [-0.25, -0.2) is 14.2 Å². The molecule has 3 rings (SSSR count). The first kappa shape index (κ1) is 16.7. The third kappa shape index (κ3) is 3.12. The van der Waals surface area contributed by atoms with Crippen LogP contribution in [-0.4, -0.2) is 21.0 Å². The predicted molar refractivity (Wildman–Crippen MR) is 91.9 cm³/mol. The molecular weight excluding hydrogens is 341 g/mol. The van der Waals surface area contributed by atoms with Gasteiger partial charge in [0.1, 0.15) is 21.4 Å². The van der Waals surface area contributed by atoms with Gasteiger partial charge in [-0.05, 0) is 32.0 Å². The normalized spacial score (nSPS) is 10.5. The number of hydrogen-bond donors (Lipinski definition) is 1.